The van der Waals surface area contributed by atoms with Crippen LogP contribution in [0.15, 0.2) is 97.1 Å². The third-order valence-corrected chi connectivity index (χ3v) is 7.74. The molecule has 10 nitrogen and oxygen atoms in total. The fourth-order valence-electron chi connectivity index (χ4n) is 4.96. The largest absolute Gasteiger partial charge is 0.497 e. The van der Waals surface area contributed by atoms with E-state index in [0.29, 0.717) is 40.7 Å². The van der Waals surface area contributed by atoms with Crippen LogP contribution in [-0.2, 0) is 22.4 Å². The van der Waals surface area contributed by atoms with Crippen LogP contribution in [0.25, 0.3) is 0 Å². The molecule has 0 saturated heterocycles. The van der Waals surface area contributed by atoms with Crippen LogP contribution in [0.3, 0.4) is 0 Å². The van der Waals surface area contributed by atoms with Gasteiger partial charge >= 0.3 is 11.9 Å². The highest BCUT2D eigenvalue weighted by Gasteiger charge is 2.21. The molecule has 0 aliphatic heterocycles. The first-order valence-electron chi connectivity index (χ1n) is 16.3. The highest BCUT2D eigenvalue weighted by Crippen LogP contribution is 2.19. The first kappa shape index (κ1) is 36.2. The van der Waals surface area contributed by atoms with Gasteiger partial charge in [0.1, 0.15) is 23.3 Å². The first-order valence-corrected chi connectivity index (χ1v) is 16.3. The Morgan fingerprint density at radius 1 is 0.694 bits per heavy atom. The minimum absolute atomic E-state index is 0.00880. The fourth-order valence-corrected chi connectivity index (χ4v) is 4.96. The molecule has 49 heavy (non-hydrogen) atoms. The van der Waals surface area contributed by atoms with E-state index in [2.05, 4.69) is 17.6 Å². The number of carboxylic acid groups (broad SMARTS) is 1. The number of benzene rings is 4. The van der Waals surface area contributed by atoms with Crippen LogP contribution >= 0.6 is 0 Å². The van der Waals surface area contributed by atoms with E-state index in [1.807, 2.05) is 12.1 Å². The van der Waals surface area contributed by atoms with Gasteiger partial charge in [0.15, 0.2) is 0 Å². The van der Waals surface area contributed by atoms with Crippen molar-refractivity contribution in [1.29, 1.82) is 0 Å². The lowest BCUT2D eigenvalue weighted by Crippen LogP contribution is -2.42. The van der Waals surface area contributed by atoms with E-state index < -0.39 is 23.9 Å². The molecule has 4 aromatic rings. The number of aliphatic carboxylic acids is 1. The average molecular weight is 667 g/mol. The van der Waals surface area contributed by atoms with Gasteiger partial charge in [-0.25, -0.2) is 9.59 Å². The van der Waals surface area contributed by atoms with Crippen molar-refractivity contribution in [2.45, 2.75) is 57.9 Å². The van der Waals surface area contributed by atoms with E-state index in [0.717, 1.165) is 18.4 Å². The molecule has 4 rings (SSSR count). The second-order valence-electron chi connectivity index (χ2n) is 11.5. The maximum atomic E-state index is 12.9. The molecule has 1 atom stereocenters. The lowest BCUT2D eigenvalue weighted by molar-refractivity contribution is -0.139. The number of ether oxygens (including phenoxy) is 3. The Hall–Kier alpha value is -5.64. The number of carbonyl (C=O) groups is 4. The van der Waals surface area contributed by atoms with Gasteiger partial charge in [0, 0.05) is 17.7 Å². The second-order valence-corrected chi connectivity index (χ2v) is 11.5. The van der Waals surface area contributed by atoms with Crippen LogP contribution in [0.4, 0.5) is 5.69 Å². The van der Waals surface area contributed by atoms with E-state index in [-0.39, 0.29) is 24.3 Å². The normalized spacial score (nSPS) is 11.2. The quantitative estimate of drug-likeness (QED) is 0.0594. The topological polar surface area (TPSA) is 140 Å². The van der Waals surface area contributed by atoms with Gasteiger partial charge in [-0.15, -0.1) is 0 Å². The average Bonchev–Trinajstić information content (AvgIpc) is 3.11. The second kappa shape index (κ2) is 18.6. The van der Waals surface area contributed by atoms with Crippen molar-refractivity contribution in [2.75, 3.05) is 19.0 Å². The Morgan fingerprint density at radius 3 is 1.92 bits per heavy atom. The number of carbonyl (C=O) groups excluding carboxylic acids is 3. The summed E-state index contributed by atoms with van der Waals surface area (Å²) in [6, 6.07) is 25.4. The Morgan fingerprint density at radius 2 is 1.29 bits per heavy atom. The van der Waals surface area contributed by atoms with Crippen molar-refractivity contribution in [1.82, 2.24) is 5.32 Å². The summed E-state index contributed by atoms with van der Waals surface area (Å²) in [5.74, 6) is -0.833. The van der Waals surface area contributed by atoms with Gasteiger partial charge in [-0.05, 0) is 90.3 Å². The van der Waals surface area contributed by atoms with E-state index in [9.17, 15) is 24.3 Å². The summed E-state index contributed by atoms with van der Waals surface area (Å²) in [4.78, 5) is 50.0. The summed E-state index contributed by atoms with van der Waals surface area (Å²) in [5.41, 5.74) is 2.56. The van der Waals surface area contributed by atoms with Crippen LogP contribution in [-0.4, -0.2) is 48.6 Å². The third-order valence-electron chi connectivity index (χ3n) is 7.74. The predicted octanol–water partition coefficient (Wildman–Crippen LogP) is 6.87. The molecular weight excluding hydrogens is 624 g/mol. The first-order chi connectivity index (χ1) is 23.7. The van der Waals surface area contributed by atoms with Gasteiger partial charge in [0.2, 0.25) is 5.91 Å². The number of hydrogen-bond donors (Lipinski definition) is 3. The highest BCUT2D eigenvalue weighted by molar-refractivity contribution is 5.98. The molecule has 256 valence electrons. The molecule has 2 amide bonds. The molecule has 10 heteroatoms. The Kier molecular flexibility index (Phi) is 13.8. The Bertz CT molecular complexity index is 1670. The molecule has 0 saturated carbocycles. The highest BCUT2D eigenvalue weighted by atomic mass is 16.5. The zero-order chi connectivity index (χ0) is 35.0. The number of esters is 1. The number of methoxy groups -OCH3 is 1. The van der Waals surface area contributed by atoms with Crippen molar-refractivity contribution in [3.63, 3.8) is 0 Å². The maximum absolute atomic E-state index is 12.9. The van der Waals surface area contributed by atoms with Gasteiger partial charge in [0.05, 0.1) is 25.7 Å². The van der Waals surface area contributed by atoms with Gasteiger partial charge < -0.3 is 30.0 Å². The fraction of sp³-hybridized carbons (Fsp3) is 0.282. The molecule has 0 aromatic heterocycles. The van der Waals surface area contributed by atoms with Gasteiger partial charge in [0.25, 0.3) is 5.91 Å². The molecule has 0 bridgehead atoms. The third kappa shape index (κ3) is 11.8. The summed E-state index contributed by atoms with van der Waals surface area (Å²) in [6.07, 6.45) is 5.93. The summed E-state index contributed by atoms with van der Waals surface area (Å²) < 4.78 is 16.4. The zero-order valence-electron chi connectivity index (χ0n) is 27.8. The lowest BCUT2D eigenvalue weighted by Gasteiger charge is -2.15. The number of unbranched alkanes of at least 4 members (excludes halogenated alkanes) is 4. The van der Waals surface area contributed by atoms with Gasteiger partial charge in [-0.3, -0.25) is 9.59 Å². The van der Waals surface area contributed by atoms with Gasteiger partial charge in [-0.2, -0.15) is 0 Å². The zero-order valence-corrected chi connectivity index (χ0v) is 27.8. The van der Waals surface area contributed by atoms with Crippen molar-refractivity contribution in [2.24, 2.45) is 0 Å². The monoisotopic (exact) mass is 666 g/mol. The summed E-state index contributed by atoms with van der Waals surface area (Å²) in [7, 11) is 1.57. The van der Waals surface area contributed by atoms with Crippen LogP contribution in [0.2, 0.25) is 0 Å². The molecule has 0 unspecified atom stereocenters. The van der Waals surface area contributed by atoms with Crippen LogP contribution in [0.1, 0.15) is 70.9 Å². The molecule has 0 aliphatic carbocycles. The number of anilines is 1. The van der Waals surface area contributed by atoms with Crippen molar-refractivity contribution < 1.29 is 38.5 Å². The number of rotatable bonds is 18. The minimum Gasteiger partial charge on any atom is -0.497 e. The van der Waals surface area contributed by atoms with E-state index in [1.54, 1.807) is 79.9 Å². The molecule has 0 heterocycles. The SMILES string of the molecule is CCCCCCCOc1ccc(C(=O)Oc2ccc(C[C@@H](NC(=O)c3ccc(NC(=O)Cc4ccc(OC)cc4)cc3)C(=O)O)cc2)cc1. The van der Waals surface area contributed by atoms with Gasteiger partial charge in [-0.1, -0.05) is 56.9 Å². The Balaban J connectivity index is 1.24. The van der Waals surface area contributed by atoms with Crippen molar-refractivity contribution >= 4 is 29.4 Å². The summed E-state index contributed by atoms with van der Waals surface area (Å²) in [5, 5.41) is 15.1. The number of amides is 2. The lowest BCUT2D eigenvalue weighted by atomic mass is 10.0. The molecule has 0 fully saturated rings. The molecule has 0 spiro atoms. The summed E-state index contributed by atoms with van der Waals surface area (Å²) in [6.45, 7) is 2.81. The standard InChI is InChI=1S/C39H42N2O8/c1-3-4-5-6-7-24-48-33-22-14-30(15-23-33)39(46)49-34-20-10-27(11-21-34)25-35(38(44)45)41-37(43)29-12-16-31(17-13-29)40-36(42)26-28-8-18-32(47-2)19-9-28/h8-23,35H,3-7,24-26H2,1-2H3,(H,40,42)(H,41,43)(H,44,45)/t35-/m1/s1. The smallest absolute Gasteiger partial charge is 0.343 e. The van der Waals surface area contributed by atoms with Crippen LogP contribution in [0, 0.1) is 0 Å². The number of carboxylic acids is 1. The van der Waals surface area contributed by atoms with Crippen LogP contribution < -0.4 is 24.8 Å². The molecular formula is C39H42N2O8. The van der Waals surface area contributed by atoms with Crippen molar-refractivity contribution in [3.05, 3.63) is 119 Å². The molecule has 0 aliphatic rings. The van der Waals surface area contributed by atoms with E-state index in [1.165, 1.54) is 31.4 Å². The van der Waals surface area contributed by atoms with Crippen molar-refractivity contribution in [3.8, 4) is 17.2 Å². The maximum Gasteiger partial charge on any atom is 0.343 e. The Labute approximate surface area is 286 Å². The summed E-state index contributed by atoms with van der Waals surface area (Å²) >= 11 is 0. The predicted molar refractivity (Wildman–Crippen MR) is 186 cm³/mol. The number of hydrogen-bond acceptors (Lipinski definition) is 7. The van der Waals surface area contributed by atoms with Crippen LogP contribution in [0.5, 0.6) is 17.2 Å². The minimum atomic E-state index is -1.21. The molecule has 3 N–H and O–H groups in total. The van der Waals surface area contributed by atoms with E-state index in [4.69, 9.17) is 14.2 Å². The van der Waals surface area contributed by atoms with E-state index >= 15 is 0 Å². The molecule has 4 aromatic carbocycles. The number of nitrogens with one attached hydrogen (secondary N) is 2. The molecule has 0 radical (unpaired) electrons.